The second-order valence-electron chi connectivity index (χ2n) is 10.1. The van der Waals surface area contributed by atoms with Crippen molar-refractivity contribution in [2.75, 3.05) is 32.6 Å². The summed E-state index contributed by atoms with van der Waals surface area (Å²) in [5.74, 6) is 0.728. The van der Waals surface area contributed by atoms with Crippen LogP contribution in [-0.4, -0.2) is 58.1 Å². The molecule has 0 saturated carbocycles. The molecule has 12 heteroatoms. The molecule has 0 bridgehead atoms. The van der Waals surface area contributed by atoms with Crippen molar-refractivity contribution in [3.05, 3.63) is 55.7 Å². The van der Waals surface area contributed by atoms with E-state index in [2.05, 4.69) is 11.4 Å². The van der Waals surface area contributed by atoms with Crippen LogP contribution in [0.4, 0.5) is 5.82 Å². The monoisotopic (exact) mass is 626 g/mol. The maximum absolute atomic E-state index is 13.4. The molecule has 1 aliphatic rings. The van der Waals surface area contributed by atoms with Crippen molar-refractivity contribution in [1.82, 2.24) is 9.47 Å². The average Bonchev–Trinajstić information content (AvgIpc) is 3.25. The quantitative estimate of drug-likeness (QED) is 0.143. The van der Waals surface area contributed by atoms with E-state index < -0.39 is 5.97 Å². The van der Waals surface area contributed by atoms with Crippen LogP contribution < -0.4 is 20.3 Å². The van der Waals surface area contributed by atoms with Crippen LogP contribution in [-0.2, 0) is 22.6 Å². The molecule has 230 valence electrons. The van der Waals surface area contributed by atoms with E-state index >= 15 is 0 Å². The number of hydrogen-bond donors (Lipinski definition) is 2. The Labute approximate surface area is 261 Å². The number of nitrogens with zero attached hydrogens (tertiary/aromatic N) is 3. The Bertz CT molecular complexity index is 1490. The molecule has 1 aliphatic heterocycles. The first-order valence-electron chi connectivity index (χ1n) is 14.3. The van der Waals surface area contributed by atoms with Gasteiger partial charge in [-0.2, -0.15) is 5.26 Å². The molecule has 0 spiro atoms. The molecule has 1 amide bonds. The maximum Gasteiger partial charge on any atom is 0.303 e. The van der Waals surface area contributed by atoms with E-state index in [9.17, 15) is 19.6 Å². The summed E-state index contributed by atoms with van der Waals surface area (Å²) in [4.78, 5) is 39.5. The minimum absolute atomic E-state index is 0.0432. The van der Waals surface area contributed by atoms with Crippen LogP contribution in [0.15, 0.2) is 27.9 Å². The molecule has 0 aliphatic carbocycles. The summed E-state index contributed by atoms with van der Waals surface area (Å²) in [6.45, 7) is 5.04. The van der Waals surface area contributed by atoms with Gasteiger partial charge in [-0.15, -0.1) is 0 Å². The minimum Gasteiger partial charge on any atom is -0.493 e. The van der Waals surface area contributed by atoms with Gasteiger partial charge in [-0.25, -0.2) is 0 Å². The number of unbranched alkanes of at least 4 members (excludes halogenated alkanes) is 3. The Morgan fingerprint density at radius 2 is 1.88 bits per heavy atom. The third-order valence-electron chi connectivity index (χ3n) is 7.19. The lowest BCUT2D eigenvalue weighted by atomic mass is 10.0. The SMILES string of the molecule is CCCCn1c(NCCc2ccc(OC)c(OC)c2)c(/C=C2/SC(=S)N(CCCCCC(=O)O)C2=O)c(C)c(C#N)c1=O. The molecule has 1 fully saturated rings. The van der Waals surface area contributed by atoms with Crippen LogP contribution in [0.5, 0.6) is 11.5 Å². The molecular weight excluding hydrogens is 588 g/mol. The number of ether oxygens (including phenoxy) is 2. The number of carbonyl (C=O) groups excluding carboxylic acids is 1. The maximum atomic E-state index is 13.4. The Hall–Kier alpha value is -3.82. The number of nitriles is 1. The molecule has 0 atom stereocenters. The number of carboxylic acid groups (broad SMARTS) is 1. The molecule has 0 radical (unpaired) electrons. The number of carbonyl (C=O) groups is 2. The number of carboxylic acids is 1. The predicted octanol–water partition coefficient (Wildman–Crippen LogP) is 5.35. The van der Waals surface area contributed by atoms with Gasteiger partial charge in [-0.05, 0) is 61.9 Å². The minimum atomic E-state index is -0.839. The van der Waals surface area contributed by atoms with E-state index in [1.807, 2.05) is 25.1 Å². The highest BCUT2D eigenvalue weighted by atomic mass is 32.2. The van der Waals surface area contributed by atoms with Crippen LogP contribution in [0.1, 0.15) is 67.7 Å². The highest BCUT2D eigenvalue weighted by Crippen LogP contribution is 2.35. The summed E-state index contributed by atoms with van der Waals surface area (Å²) in [5, 5.41) is 22.2. The molecule has 3 rings (SSSR count). The fourth-order valence-corrected chi connectivity index (χ4v) is 6.08. The molecule has 2 N–H and O–H groups in total. The zero-order valence-electron chi connectivity index (χ0n) is 25.0. The van der Waals surface area contributed by atoms with E-state index in [0.717, 1.165) is 18.4 Å². The third-order valence-corrected chi connectivity index (χ3v) is 8.56. The van der Waals surface area contributed by atoms with Gasteiger partial charge in [-0.3, -0.25) is 23.9 Å². The second kappa shape index (κ2) is 16.1. The number of hydrogen-bond acceptors (Lipinski definition) is 9. The van der Waals surface area contributed by atoms with Crippen LogP contribution in [0.3, 0.4) is 0 Å². The lowest BCUT2D eigenvalue weighted by Crippen LogP contribution is -2.29. The van der Waals surface area contributed by atoms with Gasteiger partial charge in [-0.1, -0.05) is 49.8 Å². The average molecular weight is 627 g/mol. The first-order chi connectivity index (χ1) is 20.7. The van der Waals surface area contributed by atoms with Crippen molar-refractivity contribution in [3.8, 4) is 17.6 Å². The highest BCUT2D eigenvalue weighted by molar-refractivity contribution is 8.26. The van der Waals surface area contributed by atoms with Crippen molar-refractivity contribution >= 4 is 52.1 Å². The molecule has 2 heterocycles. The normalized spacial score (nSPS) is 13.8. The van der Waals surface area contributed by atoms with Gasteiger partial charge in [0.15, 0.2) is 11.5 Å². The molecule has 1 aromatic heterocycles. The molecule has 1 aromatic carbocycles. The largest absolute Gasteiger partial charge is 0.493 e. The molecule has 2 aromatic rings. The molecular formula is C31H38N4O6S2. The zero-order chi connectivity index (χ0) is 31.5. The van der Waals surface area contributed by atoms with Gasteiger partial charge < -0.3 is 19.9 Å². The van der Waals surface area contributed by atoms with Crippen molar-refractivity contribution in [2.24, 2.45) is 0 Å². The Kier molecular flexibility index (Phi) is 12.6. The summed E-state index contributed by atoms with van der Waals surface area (Å²) in [5.41, 5.74) is 1.77. The first-order valence-corrected chi connectivity index (χ1v) is 15.5. The summed E-state index contributed by atoms with van der Waals surface area (Å²) in [6.07, 6.45) is 5.86. The number of rotatable bonds is 16. The Balaban J connectivity index is 1.94. The summed E-state index contributed by atoms with van der Waals surface area (Å²) < 4.78 is 12.8. The number of benzene rings is 1. The van der Waals surface area contributed by atoms with E-state index in [1.165, 1.54) is 16.7 Å². The Morgan fingerprint density at radius 1 is 1.14 bits per heavy atom. The van der Waals surface area contributed by atoms with Gasteiger partial charge in [0.25, 0.3) is 11.5 Å². The Morgan fingerprint density at radius 3 is 2.53 bits per heavy atom. The summed E-state index contributed by atoms with van der Waals surface area (Å²) >= 11 is 6.69. The van der Waals surface area contributed by atoms with E-state index in [1.54, 1.807) is 31.8 Å². The van der Waals surface area contributed by atoms with Crippen LogP contribution >= 0.6 is 24.0 Å². The van der Waals surface area contributed by atoms with E-state index in [4.69, 9.17) is 26.8 Å². The molecule has 1 saturated heterocycles. The predicted molar refractivity (Wildman–Crippen MR) is 173 cm³/mol. The molecule has 10 nitrogen and oxygen atoms in total. The lowest BCUT2D eigenvalue weighted by Gasteiger charge is -2.20. The number of thioether (sulfide) groups is 1. The molecule has 0 unspecified atom stereocenters. The van der Waals surface area contributed by atoms with Crippen molar-refractivity contribution in [3.63, 3.8) is 0 Å². The highest BCUT2D eigenvalue weighted by Gasteiger charge is 2.32. The van der Waals surface area contributed by atoms with Gasteiger partial charge in [0, 0.05) is 31.6 Å². The summed E-state index contributed by atoms with van der Waals surface area (Å²) in [7, 11) is 3.17. The number of thiocarbonyl (C=S) groups is 1. The standard InChI is InChI=1S/C31H38N4O6S2/c1-5-6-15-34-28(33-14-13-21-11-12-24(40-3)25(17-21)41-4)22(20(2)23(19-32)29(34)38)18-26-30(39)35(31(42)43-26)16-9-7-8-10-27(36)37/h11-12,17-18,33H,5-10,13-16H2,1-4H3,(H,36,37)/b26-18+. The van der Waals surface area contributed by atoms with Gasteiger partial charge >= 0.3 is 5.97 Å². The number of aliphatic carboxylic acids is 1. The lowest BCUT2D eigenvalue weighted by molar-refractivity contribution is -0.137. The third kappa shape index (κ3) is 8.39. The smallest absolute Gasteiger partial charge is 0.303 e. The second-order valence-corrected chi connectivity index (χ2v) is 11.8. The van der Waals surface area contributed by atoms with Crippen LogP contribution in [0.2, 0.25) is 0 Å². The van der Waals surface area contributed by atoms with Gasteiger partial charge in [0.1, 0.15) is 21.8 Å². The topological polar surface area (TPSA) is 134 Å². The summed E-state index contributed by atoms with van der Waals surface area (Å²) in [6, 6.07) is 7.77. The first kappa shape index (κ1) is 33.7. The van der Waals surface area contributed by atoms with Crippen molar-refractivity contribution in [1.29, 1.82) is 5.26 Å². The number of amides is 1. The number of pyridine rings is 1. The van der Waals surface area contributed by atoms with E-state index in [0.29, 0.717) is 83.0 Å². The number of aromatic nitrogens is 1. The van der Waals surface area contributed by atoms with Crippen LogP contribution in [0.25, 0.3) is 6.08 Å². The number of nitrogens with one attached hydrogen (secondary N) is 1. The fourth-order valence-electron chi connectivity index (χ4n) is 4.79. The van der Waals surface area contributed by atoms with Crippen molar-refractivity contribution < 1.29 is 24.2 Å². The van der Waals surface area contributed by atoms with Gasteiger partial charge in [0.2, 0.25) is 0 Å². The van der Waals surface area contributed by atoms with Crippen LogP contribution in [0, 0.1) is 18.3 Å². The fraction of sp³-hybridized carbons (Fsp3) is 0.452. The number of anilines is 1. The van der Waals surface area contributed by atoms with Crippen molar-refractivity contribution in [2.45, 2.75) is 65.3 Å². The number of methoxy groups -OCH3 is 2. The zero-order valence-corrected chi connectivity index (χ0v) is 26.7. The van der Waals surface area contributed by atoms with Gasteiger partial charge in [0.05, 0.1) is 19.1 Å². The van der Waals surface area contributed by atoms with E-state index in [-0.39, 0.29) is 23.5 Å². The molecule has 43 heavy (non-hydrogen) atoms.